The van der Waals surface area contributed by atoms with Crippen LogP contribution < -0.4 is 10.6 Å². The van der Waals surface area contributed by atoms with Crippen molar-refractivity contribution in [3.63, 3.8) is 0 Å². The van der Waals surface area contributed by atoms with Gasteiger partial charge in [0.2, 0.25) is 0 Å². The van der Waals surface area contributed by atoms with Gasteiger partial charge in [0.05, 0.1) is 0 Å². The summed E-state index contributed by atoms with van der Waals surface area (Å²) in [5.74, 6) is 0.968. The monoisotopic (exact) mass is 206 g/mol. The smallest absolute Gasteiger partial charge is 0.115 e. The maximum Gasteiger partial charge on any atom is 0.115 e. The molecule has 3 N–H and O–H groups in total. The number of phenols is 1. The fourth-order valence-corrected chi connectivity index (χ4v) is 2.35. The van der Waals surface area contributed by atoms with E-state index in [1.54, 1.807) is 6.07 Å². The molecular weight excluding hydrogens is 188 g/mol. The molecule has 0 spiro atoms. The van der Waals surface area contributed by atoms with Crippen molar-refractivity contribution in [2.45, 2.75) is 12.5 Å². The lowest BCUT2D eigenvalue weighted by atomic mass is 9.92. The molecule has 1 aromatic carbocycles. The SMILES string of the molecule is CNC(c1cccc(O)c1)C1CCNC1. The molecule has 2 unspecified atom stereocenters. The second-order valence-corrected chi connectivity index (χ2v) is 4.11. The highest BCUT2D eigenvalue weighted by Gasteiger charge is 2.24. The van der Waals surface area contributed by atoms with Crippen LogP contribution in [0.25, 0.3) is 0 Å². The summed E-state index contributed by atoms with van der Waals surface area (Å²) in [7, 11) is 1.98. The Bertz CT molecular complexity index is 321. The Morgan fingerprint density at radius 2 is 2.40 bits per heavy atom. The predicted molar refractivity (Wildman–Crippen MR) is 60.9 cm³/mol. The zero-order valence-corrected chi connectivity index (χ0v) is 9.03. The highest BCUT2D eigenvalue weighted by atomic mass is 16.3. The number of hydrogen-bond donors (Lipinski definition) is 3. The van der Waals surface area contributed by atoms with Crippen molar-refractivity contribution in [1.82, 2.24) is 10.6 Å². The second-order valence-electron chi connectivity index (χ2n) is 4.11. The summed E-state index contributed by atoms with van der Waals surface area (Å²) < 4.78 is 0. The van der Waals surface area contributed by atoms with Gasteiger partial charge in [0.15, 0.2) is 0 Å². The Morgan fingerprint density at radius 3 is 3.00 bits per heavy atom. The van der Waals surface area contributed by atoms with Crippen molar-refractivity contribution in [3.8, 4) is 5.75 Å². The highest BCUT2D eigenvalue weighted by Crippen LogP contribution is 2.28. The van der Waals surface area contributed by atoms with Crippen molar-refractivity contribution >= 4 is 0 Å². The molecule has 1 aromatic rings. The van der Waals surface area contributed by atoms with Gasteiger partial charge < -0.3 is 15.7 Å². The third kappa shape index (κ3) is 2.30. The third-order valence-electron chi connectivity index (χ3n) is 3.11. The quantitative estimate of drug-likeness (QED) is 0.697. The molecule has 1 saturated heterocycles. The molecule has 3 nitrogen and oxygen atoms in total. The second kappa shape index (κ2) is 4.64. The van der Waals surface area contributed by atoms with Crippen LogP contribution in [-0.4, -0.2) is 25.2 Å². The lowest BCUT2D eigenvalue weighted by Crippen LogP contribution is -2.26. The van der Waals surface area contributed by atoms with E-state index >= 15 is 0 Å². The van der Waals surface area contributed by atoms with Gasteiger partial charge in [-0.15, -0.1) is 0 Å². The van der Waals surface area contributed by atoms with Gasteiger partial charge in [0, 0.05) is 6.04 Å². The highest BCUT2D eigenvalue weighted by molar-refractivity contribution is 5.30. The summed E-state index contributed by atoms with van der Waals surface area (Å²) in [6, 6.07) is 7.87. The van der Waals surface area contributed by atoms with Gasteiger partial charge in [-0.3, -0.25) is 0 Å². The standard InChI is InChI=1S/C12H18N2O/c1-13-12(10-5-6-14-8-10)9-3-2-4-11(15)7-9/h2-4,7,10,12-15H,5-6,8H2,1H3. The summed E-state index contributed by atoms with van der Waals surface area (Å²) in [4.78, 5) is 0. The fraction of sp³-hybridized carbons (Fsp3) is 0.500. The van der Waals surface area contributed by atoms with Gasteiger partial charge in [-0.05, 0) is 50.2 Å². The van der Waals surface area contributed by atoms with Crippen LogP contribution in [0, 0.1) is 5.92 Å². The van der Waals surface area contributed by atoms with Crippen LogP contribution in [0.15, 0.2) is 24.3 Å². The third-order valence-corrected chi connectivity index (χ3v) is 3.11. The van der Waals surface area contributed by atoms with Crippen LogP contribution >= 0.6 is 0 Å². The summed E-state index contributed by atoms with van der Waals surface area (Å²) in [6.45, 7) is 2.16. The first-order valence-electron chi connectivity index (χ1n) is 5.48. The first-order valence-corrected chi connectivity index (χ1v) is 5.48. The minimum Gasteiger partial charge on any atom is -0.508 e. The summed E-state index contributed by atoms with van der Waals surface area (Å²) in [5, 5.41) is 16.2. The molecule has 0 radical (unpaired) electrons. The van der Waals surface area contributed by atoms with E-state index < -0.39 is 0 Å². The molecule has 82 valence electrons. The van der Waals surface area contributed by atoms with Gasteiger partial charge in [0.25, 0.3) is 0 Å². The molecule has 0 aromatic heterocycles. The molecule has 1 aliphatic rings. The van der Waals surface area contributed by atoms with Crippen LogP contribution in [-0.2, 0) is 0 Å². The molecular formula is C12H18N2O. The normalized spacial score (nSPS) is 22.9. The largest absolute Gasteiger partial charge is 0.508 e. The number of aromatic hydroxyl groups is 1. The summed E-state index contributed by atoms with van der Waals surface area (Å²) in [5.41, 5.74) is 1.17. The summed E-state index contributed by atoms with van der Waals surface area (Å²) in [6.07, 6.45) is 1.20. The fourth-order valence-electron chi connectivity index (χ4n) is 2.35. The molecule has 1 aliphatic heterocycles. The van der Waals surface area contributed by atoms with E-state index in [0.29, 0.717) is 17.7 Å². The molecule has 1 fully saturated rings. The lowest BCUT2D eigenvalue weighted by Gasteiger charge is -2.22. The first kappa shape index (κ1) is 10.5. The Morgan fingerprint density at radius 1 is 1.53 bits per heavy atom. The Balaban J connectivity index is 2.18. The van der Waals surface area contributed by atoms with Gasteiger partial charge >= 0.3 is 0 Å². The van der Waals surface area contributed by atoms with Crippen molar-refractivity contribution < 1.29 is 5.11 Å². The zero-order valence-electron chi connectivity index (χ0n) is 9.03. The van der Waals surface area contributed by atoms with Gasteiger partial charge in [0.1, 0.15) is 5.75 Å². The lowest BCUT2D eigenvalue weighted by molar-refractivity contribution is 0.407. The average molecular weight is 206 g/mol. The first-order chi connectivity index (χ1) is 7.31. The molecule has 15 heavy (non-hydrogen) atoms. The molecule has 0 saturated carbocycles. The van der Waals surface area contributed by atoms with Gasteiger partial charge in [-0.1, -0.05) is 12.1 Å². The van der Waals surface area contributed by atoms with Crippen molar-refractivity contribution in [1.29, 1.82) is 0 Å². The molecule has 3 heteroatoms. The summed E-state index contributed by atoms with van der Waals surface area (Å²) >= 11 is 0. The number of phenolic OH excluding ortho intramolecular Hbond substituents is 1. The van der Waals surface area contributed by atoms with Crippen LogP contribution in [0.5, 0.6) is 5.75 Å². The molecule has 0 bridgehead atoms. The molecule has 0 aliphatic carbocycles. The van der Waals surface area contributed by atoms with Crippen LogP contribution in [0.4, 0.5) is 0 Å². The minimum absolute atomic E-state index is 0.340. The average Bonchev–Trinajstić information content (AvgIpc) is 2.72. The van der Waals surface area contributed by atoms with Crippen molar-refractivity contribution in [2.24, 2.45) is 5.92 Å². The topological polar surface area (TPSA) is 44.3 Å². The predicted octanol–water partition coefficient (Wildman–Crippen LogP) is 1.26. The van der Waals surface area contributed by atoms with Crippen molar-refractivity contribution in [2.75, 3.05) is 20.1 Å². The van der Waals surface area contributed by atoms with Gasteiger partial charge in [-0.25, -0.2) is 0 Å². The van der Waals surface area contributed by atoms with E-state index in [2.05, 4.69) is 16.7 Å². The van der Waals surface area contributed by atoms with E-state index in [1.165, 1.54) is 12.0 Å². The minimum atomic E-state index is 0.340. The van der Waals surface area contributed by atoms with E-state index in [1.807, 2.05) is 19.2 Å². The number of nitrogens with one attached hydrogen (secondary N) is 2. The molecule has 2 rings (SSSR count). The van der Waals surface area contributed by atoms with E-state index in [4.69, 9.17) is 0 Å². The van der Waals surface area contributed by atoms with E-state index in [0.717, 1.165) is 13.1 Å². The van der Waals surface area contributed by atoms with E-state index in [9.17, 15) is 5.11 Å². The number of rotatable bonds is 3. The number of benzene rings is 1. The maximum atomic E-state index is 9.46. The number of hydrogen-bond acceptors (Lipinski definition) is 3. The Kier molecular flexibility index (Phi) is 3.23. The molecule has 1 heterocycles. The molecule has 2 atom stereocenters. The van der Waals surface area contributed by atoms with Gasteiger partial charge in [-0.2, -0.15) is 0 Å². The molecule has 0 amide bonds. The van der Waals surface area contributed by atoms with Crippen molar-refractivity contribution in [3.05, 3.63) is 29.8 Å². The van der Waals surface area contributed by atoms with Crippen LogP contribution in [0.2, 0.25) is 0 Å². The maximum absolute atomic E-state index is 9.46. The Labute approximate surface area is 90.5 Å². The zero-order chi connectivity index (χ0) is 10.7. The van der Waals surface area contributed by atoms with Crippen LogP contribution in [0.3, 0.4) is 0 Å². The Hall–Kier alpha value is -1.06. The van der Waals surface area contributed by atoms with Crippen LogP contribution in [0.1, 0.15) is 18.0 Å². The van der Waals surface area contributed by atoms with E-state index in [-0.39, 0.29) is 0 Å².